The zero-order valence-electron chi connectivity index (χ0n) is 13.1. The molecule has 1 aromatic rings. The molecule has 3 nitrogen and oxygen atoms in total. The van der Waals surface area contributed by atoms with Crippen LogP contribution in [0, 0.1) is 0 Å². The molecule has 0 saturated heterocycles. The first-order valence-corrected chi connectivity index (χ1v) is 8.16. The topological polar surface area (TPSA) is 38.3 Å². The molecule has 0 aliphatic heterocycles. The number of carbonyl (C=O) groups is 1. The summed E-state index contributed by atoms with van der Waals surface area (Å²) in [5.41, 5.74) is 2.28. The Kier molecular flexibility index (Phi) is 6.74. The molecule has 1 N–H and O–H groups in total. The first-order valence-electron chi connectivity index (χ1n) is 8.16. The van der Waals surface area contributed by atoms with Gasteiger partial charge in [-0.1, -0.05) is 56.4 Å². The molecule has 0 spiro atoms. The standard InChI is InChI=1S/C18H27NO2/c1-21-18(20)13-15-9-7-8-10-16(15)14-19-17-11-5-3-2-4-6-12-17/h7-10,17,19H,2-6,11-14H2,1H3. The zero-order chi connectivity index (χ0) is 14.9. The van der Waals surface area contributed by atoms with Crippen molar-refractivity contribution in [3.8, 4) is 0 Å². The van der Waals surface area contributed by atoms with Gasteiger partial charge in [-0.05, 0) is 24.0 Å². The second kappa shape index (κ2) is 8.83. The van der Waals surface area contributed by atoms with Crippen LogP contribution < -0.4 is 5.32 Å². The third-order valence-electron chi connectivity index (χ3n) is 4.37. The van der Waals surface area contributed by atoms with Crippen molar-refractivity contribution in [1.82, 2.24) is 5.32 Å². The molecule has 0 atom stereocenters. The van der Waals surface area contributed by atoms with Crippen LogP contribution in [0.5, 0.6) is 0 Å². The molecule has 0 bridgehead atoms. The summed E-state index contributed by atoms with van der Waals surface area (Å²) in [6.07, 6.45) is 9.73. The molecule has 0 heterocycles. The maximum atomic E-state index is 11.5. The first-order chi connectivity index (χ1) is 10.3. The Hall–Kier alpha value is -1.35. The third kappa shape index (κ3) is 5.50. The first kappa shape index (κ1) is 16.0. The monoisotopic (exact) mass is 289 g/mol. The van der Waals surface area contributed by atoms with E-state index in [1.54, 1.807) is 0 Å². The number of esters is 1. The molecule has 0 amide bonds. The van der Waals surface area contributed by atoms with Crippen LogP contribution in [-0.2, 0) is 22.5 Å². The van der Waals surface area contributed by atoms with Crippen molar-refractivity contribution in [3.63, 3.8) is 0 Å². The van der Waals surface area contributed by atoms with Gasteiger partial charge in [0.15, 0.2) is 0 Å². The summed E-state index contributed by atoms with van der Waals surface area (Å²) in [7, 11) is 1.44. The number of methoxy groups -OCH3 is 1. The molecule has 21 heavy (non-hydrogen) atoms. The van der Waals surface area contributed by atoms with E-state index < -0.39 is 0 Å². The summed E-state index contributed by atoms with van der Waals surface area (Å²) in [6.45, 7) is 0.845. The molecule has 116 valence electrons. The Morgan fingerprint density at radius 2 is 1.71 bits per heavy atom. The van der Waals surface area contributed by atoms with Crippen LogP contribution in [0.25, 0.3) is 0 Å². The van der Waals surface area contributed by atoms with Gasteiger partial charge in [0.2, 0.25) is 0 Å². The van der Waals surface area contributed by atoms with Gasteiger partial charge < -0.3 is 10.1 Å². The maximum absolute atomic E-state index is 11.5. The fraction of sp³-hybridized carbons (Fsp3) is 0.611. The fourth-order valence-corrected chi connectivity index (χ4v) is 3.04. The number of rotatable bonds is 5. The van der Waals surface area contributed by atoms with Crippen LogP contribution in [-0.4, -0.2) is 19.1 Å². The van der Waals surface area contributed by atoms with Gasteiger partial charge in [-0.2, -0.15) is 0 Å². The SMILES string of the molecule is COC(=O)Cc1ccccc1CNC1CCCCCCC1. The van der Waals surface area contributed by atoms with E-state index in [1.165, 1.54) is 57.6 Å². The van der Waals surface area contributed by atoms with Gasteiger partial charge in [-0.25, -0.2) is 0 Å². The molecule has 0 radical (unpaired) electrons. The van der Waals surface area contributed by atoms with Crippen LogP contribution in [0.1, 0.15) is 56.1 Å². The minimum absolute atomic E-state index is 0.173. The van der Waals surface area contributed by atoms with Gasteiger partial charge in [-0.15, -0.1) is 0 Å². The van der Waals surface area contributed by atoms with Gasteiger partial charge >= 0.3 is 5.97 Å². The second-order valence-electron chi connectivity index (χ2n) is 5.94. The van der Waals surface area contributed by atoms with Crippen LogP contribution >= 0.6 is 0 Å². The summed E-state index contributed by atoms with van der Waals surface area (Å²) < 4.78 is 4.77. The van der Waals surface area contributed by atoms with E-state index in [0.717, 1.165) is 12.1 Å². The van der Waals surface area contributed by atoms with Crippen molar-refractivity contribution < 1.29 is 9.53 Å². The summed E-state index contributed by atoms with van der Waals surface area (Å²) in [6, 6.07) is 8.77. The maximum Gasteiger partial charge on any atom is 0.309 e. The predicted octanol–water partition coefficient (Wildman–Crippen LogP) is 3.60. The lowest BCUT2D eigenvalue weighted by atomic mass is 9.96. The number of carbonyl (C=O) groups excluding carboxylic acids is 1. The van der Waals surface area contributed by atoms with Crippen molar-refractivity contribution >= 4 is 5.97 Å². The number of hydrogen-bond acceptors (Lipinski definition) is 3. The molecule has 0 unspecified atom stereocenters. The average Bonchev–Trinajstić information content (AvgIpc) is 2.47. The van der Waals surface area contributed by atoms with E-state index in [4.69, 9.17) is 4.74 Å². The molecule has 1 aliphatic rings. The lowest BCUT2D eigenvalue weighted by molar-refractivity contribution is -0.139. The second-order valence-corrected chi connectivity index (χ2v) is 5.94. The van der Waals surface area contributed by atoms with E-state index in [0.29, 0.717) is 12.5 Å². The largest absolute Gasteiger partial charge is 0.469 e. The summed E-state index contributed by atoms with van der Waals surface area (Å²) in [5, 5.41) is 3.69. The van der Waals surface area contributed by atoms with E-state index >= 15 is 0 Å². The van der Waals surface area contributed by atoms with Crippen LogP contribution in [0.4, 0.5) is 0 Å². The normalized spacial score (nSPS) is 17.0. The molecule has 1 aromatic carbocycles. The van der Waals surface area contributed by atoms with Crippen molar-refractivity contribution in [3.05, 3.63) is 35.4 Å². The number of ether oxygens (including phenoxy) is 1. The zero-order valence-corrected chi connectivity index (χ0v) is 13.1. The average molecular weight is 289 g/mol. The third-order valence-corrected chi connectivity index (χ3v) is 4.37. The molecule has 1 saturated carbocycles. The number of nitrogens with one attached hydrogen (secondary N) is 1. The van der Waals surface area contributed by atoms with E-state index in [-0.39, 0.29) is 5.97 Å². The fourth-order valence-electron chi connectivity index (χ4n) is 3.04. The Morgan fingerprint density at radius 1 is 1.10 bits per heavy atom. The molecule has 1 fully saturated rings. The van der Waals surface area contributed by atoms with Crippen molar-refractivity contribution in [2.75, 3.05) is 7.11 Å². The van der Waals surface area contributed by atoms with E-state index in [2.05, 4.69) is 11.4 Å². The van der Waals surface area contributed by atoms with Gasteiger partial charge in [0.05, 0.1) is 13.5 Å². The van der Waals surface area contributed by atoms with Crippen molar-refractivity contribution in [1.29, 1.82) is 0 Å². The van der Waals surface area contributed by atoms with Gasteiger partial charge in [-0.3, -0.25) is 4.79 Å². The lowest BCUT2D eigenvalue weighted by Gasteiger charge is -2.21. The summed E-state index contributed by atoms with van der Waals surface area (Å²) in [5.74, 6) is -0.173. The Balaban J connectivity index is 1.90. The molecule has 3 heteroatoms. The molecular weight excluding hydrogens is 262 g/mol. The van der Waals surface area contributed by atoms with E-state index in [9.17, 15) is 4.79 Å². The molecule has 0 aromatic heterocycles. The Morgan fingerprint density at radius 3 is 2.38 bits per heavy atom. The van der Waals surface area contributed by atoms with Crippen molar-refractivity contribution in [2.24, 2.45) is 0 Å². The predicted molar refractivity (Wildman–Crippen MR) is 85.1 cm³/mol. The quantitative estimate of drug-likeness (QED) is 0.842. The molecule has 1 aliphatic carbocycles. The van der Waals surface area contributed by atoms with Gasteiger partial charge in [0, 0.05) is 12.6 Å². The number of hydrogen-bond donors (Lipinski definition) is 1. The van der Waals surface area contributed by atoms with Crippen LogP contribution in [0.3, 0.4) is 0 Å². The van der Waals surface area contributed by atoms with Gasteiger partial charge in [0.25, 0.3) is 0 Å². The Labute approximate surface area is 128 Å². The van der Waals surface area contributed by atoms with Crippen LogP contribution in [0.15, 0.2) is 24.3 Å². The number of benzene rings is 1. The van der Waals surface area contributed by atoms with Crippen LogP contribution in [0.2, 0.25) is 0 Å². The summed E-state index contributed by atoms with van der Waals surface area (Å²) >= 11 is 0. The lowest BCUT2D eigenvalue weighted by Crippen LogP contribution is -2.29. The highest BCUT2D eigenvalue weighted by molar-refractivity contribution is 5.72. The van der Waals surface area contributed by atoms with Crippen molar-refractivity contribution in [2.45, 2.75) is 64.0 Å². The minimum Gasteiger partial charge on any atom is -0.469 e. The van der Waals surface area contributed by atoms with E-state index in [1.807, 2.05) is 18.2 Å². The molecular formula is C18H27NO2. The Bertz CT molecular complexity index is 437. The highest BCUT2D eigenvalue weighted by atomic mass is 16.5. The highest BCUT2D eigenvalue weighted by Gasteiger charge is 2.12. The minimum atomic E-state index is -0.173. The molecule has 2 rings (SSSR count). The summed E-state index contributed by atoms with van der Waals surface area (Å²) in [4.78, 5) is 11.5. The van der Waals surface area contributed by atoms with Gasteiger partial charge in [0.1, 0.15) is 0 Å². The highest BCUT2D eigenvalue weighted by Crippen LogP contribution is 2.18. The smallest absolute Gasteiger partial charge is 0.309 e.